The second-order valence-electron chi connectivity index (χ2n) is 7.56. The van der Waals surface area contributed by atoms with Crippen LogP contribution >= 0.6 is 22.9 Å². The Labute approximate surface area is 203 Å². The fourth-order valence-electron chi connectivity index (χ4n) is 3.14. The number of hydrogen-bond acceptors (Lipinski definition) is 7. The van der Waals surface area contributed by atoms with Crippen LogP contribution < -0.4 is 10.1 Å². The molecule has 1 aliphatic carbocycles. The van der Waals surface area contributed by atoms with Gasteiger partial charge in [0, 0.05) is 5.56 Å². The van der Waals surface area contributed by atoms with Crippen LogP contribution in [-0.4, -0.2) is 35.6 Å². The van der Waals surface area contributed by atoms with E-state index in [0.717, 1.165) is 11.3 Å². The number of carbonyl (C=O) groups is 2. The minimum absolute atomic E-state index is 0.0758. The molecule has 1 saturated carbocycles. The lowest BCUT2D eigenvalue weighted by Gasteiger charge is -2.19. The van der Waals surface area contributed by atoms with Gasteiger partial charge in [-0.1, -0.05) is 35.1 Å². The molecule has 1 aliphatic rings. The number of nitrogens with zero attached hydrogens (tertiary/aromatic N) is 1. The van der Waals surface area contributed by atoms with E-state index in [0.29, 0.717) is 18.4 Å². The highest BCUT2D eigenvalue weighted by Crippen LogP contribution is 2.34. The van der Waals surface area contributed by atoms with E-state index in [9.17, 15) is 22.4 Å². The number of sulfone groups is 1. The van der Waals surface area contributed by atoms with Crippen molar-refractivity contribution in [1.29, 1.82) is 0 Å². The molecule has 3 aromatic rings. The minimum atomic E-state index is -3.41. The summed E-state index contributed by atoms with van der Waals surface area (Å²) in [7, 11) is -3.41. The summed E-state index contributed by atoms with van der Waals surface area (Å²) < 4.78 is 44.2. The van der Waals surface area contributed by atoms with E-state index in [-0.39, 0.29) is 31.1 Å². The van der Waals surface area contributed by atoms with Crippen LogP contribution in [0.2, 0.25) is 4.34 Å². The van der Waals surface area contributed by atoms with Crippen molar-refractivity contribution in [3.8, 4) is 5.75 Å². The van der Waals surface area contributed by atoms with Crippen molar-refractivity contribution in [2.45, 2.75) is 35.5 Å². The lowest BCUT2D eigenvalue weighted by molar-refractivity contribution is -0.136. The highest BCUT2D eigenvalue weighted by Gasteiger charge is 2.37. The summed E-state index contributed by atoms with van der Waals surface area (Å²) >= 11 is 6.92. The molecule has 1 amide bonds. The van der Waals surface area contributed by atoms with Crippen LogP contribution in [0.3, 0.4) is 0 Å². The van der Waals surface area contributed by atoms with Gasteiger partial charge in [0.2, 0.25) is 6.10 Å². The topological polar surface area (TPSA) is 123 Å². The average Bonchev–Trinajstić information content (AvgIpc) is 3.59. The number of halogens is 2. The number of anilines is 1. The zero-order chi connectivity index (χ0) is 24.5. The molecule has 0 bridgehead atoms. The second kappa shape index (κ2) is 9.69. The molecule has 1 fully saturated rings. The normalized spacial score (nSPS) is 14.4. The zero-order valence-electron chi connectivity index (χ0n) is 17.4. The van der Waals surface area contributed by atoms with Gasteiger partial charge in [-0.2, -0.15) is 0 Å². The molecule has 2 aromatic carbocycles. The van der Waals surface area contributed by atoms with Crippen molar-refractivity contribution in [3.05, 3.63) is 69.9 Å². The zero-order valence-corrected chi connectivity index (χ0v) is 19.8. The van der Waals surface area contributed by atoms with Crippen LogP contribution in [0.25, 0.3) is 0 Å². The van der Waals surface area contributed by atoms with Gasteiger partial charge in [0.05, 0.1) is 22.3 Å². The Balaban J connectivity index is 1.60. The van der Waals surface area contributed by atoms with Crippen LogP contribution in [0, 0.1) is 5.82 Å². The Bertz CT molecular complexity index is 1320. The maximum atomic E-state index is 13.3. The highest BCUT2D eigenvalue weighted by molar-refractivity contribution is 7.92. The van der Waals surface area contributed by atoms with E-state index in [4.69, 9.17) is 21.4 Å². The first-order valence-corrected chi connectivity index (χ1v) is 12.8. The maximum Gasteiger partial charge on any atom is 0.309 e. The number of carboxylic acid groups (broad SMARTS) is 1. The Morgan fingerprint density at radius 3 is 2.41 bits per heavy atom. The van der Waals surface area contributed by atoms with Gasteiger partial charge >= 0.3 is 5.97 Å². The summed E-state index contributed by atoms with van der Waals surface area (Å²) in [4.78, 5) is 28.3. The first-order chi connectivity index (χ1) is 16.1. The van der Waals surface area contributed by atoms with Gasteiger partial charge in [-0.25, -0.2) is 17.8 Å². The van der Waals surface area contributed by atoms with Crippen molar-refractivity contribution < 1.29 is 32.2 Å². The molecule has 12 heteroatoms. The summed E-state index contributed by atoms with van der Waals surface area (Å²) in [6.07, 6.45) is -0.391. The predicted molar refractivity (Wildman–Crippen MR) is 124 cm³/mol. The maximum absolute atomic E-state index is 13.3. The van der Waals surface area contributed by atoms with Gasteiger partial charge in [-0.15, -0.1) is 0 Å². The number of carboxylic acids is 1. The Hall–Kier alpha value is -3.02. The number of aromatic nitrogens is 1. The standard InChI is InChI=1S/C22H18ClFN2O6S2/c23-20-17(11-18(27)28)25-22(33-20)26-21(29)19(32-14-5-3-13(24)4-6-14)12-1-7-15(8-2-12)34(30,31)16-9-10-16/h1-8,16,19H,9-11H2,(H,27,28)(H,25,26,29). The van der Waals surface area contributed by atoms with E-state index >= 15 is 0 Å². The van der Waals surface area contributed by atoms with Gasteiger partial charge in [0.15, 0.2) is 15.0 Å². The first-order valence-electron chi connectivity index (χ1n) is 10.1. The molecule has 1 heterocycles. The van der Waals surface area contributed by atoms with Gasteiger partial charge in [0.1, 0.15) is 15.9 Å². The molecular weight excluding hydrogens is 507 g/mol. The Kier molecular flexibility index (Phi) is 6.87. The summed E-state index contributed by atoms with van der Waals surface area (Å²) in [5, 5.41) is 11.2. The monoisotopic (exact) mass is 524 g/mol. The molecule has 0 saturated heterocycles. The number of aliphatic carboxylic acids is 1. The van der Waals surface area contributed by atoms with E-state index in [1.54, 1.807) is 0 Å². The molecule has 4 rings (SSSR count). The summed E-state index contributed by atoms with van der Waals surface area (Å²) in [6, 6.07) is 10.9. The lowest BCUT2D eigenvalue weighted by atomic mass is 10.1. The molecule has 0 radical (unpaired) electrons. The van der Waals surface area contributed by atoms with Gasteiger partial charge < -0.3 is 9.84 Å². The predicted octanol–water partition coefficient (Wildman–Crippen LogP) is 4.26. The molecule has 34 heavy (non-hydrogen) atoms. The van der Waals surface area contributed by atoms with Crippen LogP contribution in [0.5, 0.6) is 5.75 Å². The lowest BCUT2D eigenvalue weighted by Crippen LogP contribution is -2.26. The Morgan fingerprint density at radius 2 is 1.82 bits per heavy atom. The molecule has 1 unspecified atom stereocenters. The SMILES string of the molecule is O=C(O)Cc1nc(NC(=O)C(Oc2ccc(F)cc2)c2ccc(S(=O)(=O)C3CC3)cc2)sc1Cl. The van der Waals surface area contributed by atoms with Crippen LogP contribution in [-0.2, 0) is 25.8 Å². The van der Waals surface area contributed by atoms with Gasteiger partial charge in [-0.05, 0) is 49.2 Å². The smallest absolute Gasteiger partial charge is 0.309 e. The van der Waals surface area contributed by atoms with E-state index < -0.39 is 40.1 Å². The largest absolute Gasteiger partial charge is 0.481 e. The molecule has 0 spiro atoms. The summed E-state index contributed by atoms with van der Waals surface area (Å²) in [6.45, 7) is 0. The number of nitrogens with one attached hydrogen (secondary N) is 1. The molecule has 178 valence electrons. The number of ether oxygens (including phenoxy) is 1. The van der Waals surface area contributed by atoms with E-state index in [2.05, 4.69) is 10.3 Å². The van der Waals surface area contributed by atoms with Gasteiger partial charge in [0.25, 0.3) is 5.91 Å². The van der Waals surface area contributed by atoms with Crippen molar-refractivity contribution in [3.63, 3.8) is 0 Å². The van der Waals surface area contributed by atoms with Crippen molar-refractivity contribution in [2.75, 3.05) is 5.32 Å². The summed E-state index contributed by atoms with van der Waals surface area (Å²) in [5.41, 5.74) is 0.463. The third-order valence-electron chi connectivity index (χ3n) is 4.98. The highest BCUT2D eigenvalue weighted by atomic mass is 35.5. The van der Waals surface area contributed by atoms with Gasteiger partial charge in [-0.3, -0.25) is 14.9 Å². The molecule has 2 N–H and O–H groups in total. The van der Waals surface area contributed by atoms with Crippen molar-refractivity contribution >= 4 is 49.8 Å². The minimum Gasteiger partial charge on any atom is -0.481 e. The first kappa shape index (κ1) is 24.1. The number of rotatable bonds is 9. The van der Waals surface area contributed by atoms with Crippen molar-refractivity contribution in [2.24, 2.45) is 0 Å². The fourth-order valence-corrected chi connectivity index (χ4v) is 5.83. The summed E-state index contributed by atoms with van der Waals surface area (Å²) in [5.74, 6) is -2.05. The van der Waals surface area contributed by atoms with E-state index in [1.165, 1.54) is 48.5 Å². The number of amides is 1. The number of carbonyl (C=O) groups excluding carboxylic acids is 1. The quantitative estimate of drug-likeness (QED) is 0.429. The molecular formula is C22H18ClFN2O6S2. The number of benzene rings is 2. The fraction of sp³-hybridized carbons (Fsp3) is 0.227. The van der Waals surface area contributed by atoms with Crippen LogP contribution in [0.1, 0.15) is 30.2 Å². The van der Waals surface area contributed by atoms with Crippen molar-refractivity contribution in [1.82, 2.24) is 4.98 Å². The van der Waals surface area contributed by atoms with Crippen LogP contribution in [0.4, 0.5) is 9.52 Å². The average molecular weight is 525 g/mol. The second-order valence-corrected chi connectivity index (χ2v) is 11.4. The number of hydrogen-bond donors (Lipinski definition) is 2. The Morgan fingerprint density at radius 1 is 1.18 bits per heavy atom. The molecule has 1 aromatic heterocycles. The molecule has 1 atom stereocenters. The van der Waals surface area contributed by atoms with Crippen LogP contribution in [0.15, 0.2) is 53.4 Å². The molecule has 8 nitrogen and oxygen atoms in total. The molecule has 0 aliphatic heterocycles. The third-order valence-corrected chi connectivity index (χ3v) is 8.51. The third kappa shape index (κ3) is 5.54. The van der Waals surface area contributed by atoms with E-state index in [1.807, 2.05) is 0 Å². The number of thiazole rings is 1.